The highest BCUT2D eigenvalue weighted by molar-refractivity contribution is 8.05. The Morgan fingerprint density at radius 1 is 1.67 bits per heavy atom. The zero-order chi connectivity index (χ0) is 11.1. The number of unbranched alkanes of at least 4 members (excludes halogenated alkanes) is 2. The maximum atomic E-state index is 10.3. The van der Waals surface area contributed by atoms with Gasteiger partial charge in [-0.15, -0.1) is 0 Å². The highest BCUT2D eigenvalue weighted by atomic mass is 32.2. The second-order valence-corrected chi connectivity index (χ2v) is 4.49. The SMILES string of the molecule is CCCCCN1C=CSC(=C[N+](=O)[O-])C1. The zero-order valence-electron chi connectivity index (χ0n) is 8.89. The lowest BCUT2D eigenvalue weighted by Crippen LogP contribution is -2.22. The molecule has 0 fully saturated rings. The van der Waals surface area contributed by atoms with Crippen LogP contribution in [0.15, 0.2) is 22.7 Å². The van der Waals surface area contributed by atoms with Crippen molar-refractivity contribution in [2.75, 3.05) is 13.1 Å². The van der Waals surface area contributed by atoms with Crippen LogP contribution >= 0.6 is 11.8 Å². The standard InChI is InChI=1S/C10H16N2O2S/c1-2-3-4-5-11-6-7-15-10(8-11)9-12(13)14/h6-7,9H,2-5,8H2,1H3. The van der Waals surface area contributed by atoms with Crippen molar-refractivity contribution in [3.63, 3.8) is 0 Å². The van der Waals surface area contributed by atoms with E-state index in [0.29, 0.717) is 6.54 Å². The van der Waals surface area contributed by atoms with Crippen LogP contribution in [-0.4, -0.2) is 22.9 Å². The van der Waals surface area contributed by atoms with Crippen molar-refractivity contribution >= 4 is 11.8 Å². The maximum absolute atomic E-state index is 10.3. The molecular weight excluding hydrogens is 212 g/mol. The topological polar surface area (TPSA) is 46.4 Å². The van der Waals surface area contributed by atoms with Crippen molar-refractivity contribution in [3.8, 4) is 0 Å². The van der Waals surface area contributed by atoms with Crippen molar-refractivity contribution in [1.82, 2.24) is 4.90 Å². The molecule has 15 heavy (non-hydrogen) atoms. The summed E-state index contributed by atoms with van der Waals surface area (Å²) in [5.41, 5.74) is 0. The molecule has 84 valence electrons. The van der Waals surface area contributed by atoms with E-state index in [2.05, 4.69) is 11.8 Å². The smallest absolute Gasteiger partial charge is 0.246 e. The summed E-state index contributed by atoms with van der Waals surface area (Å²) in [5, 5.41) is 12.2. The van der Waals surface area contributed by atoms with Gasteiger partial charge in [0.05, 0.1) is 16.4 Å². The molecule has 0 N–H and O–H groups in total. The Labute approximate surface area is 94.2 Å². The molecule has 0 unspecified atom stereocenters. The second kappa shape index (κ2) is 6.50. The van der Waals surface area contributed by atoms with E-state index < -0.39 is 0 Å². The van der Waals surface area contributed by atoms with Crippen molar-refractivity contribution in [3.05, 3.63) is 32.8 Å². The molecule has 0 aromatic rings. The van der Waals surface area contributed by atoms with Crippen LogP contribution in [0.3, 0.4) is 0 Å². The average molecular weight is 228 g/mol. The summed E-state index contributed by atoms with van der Waals surface area (Å²) >= 11 is 1.43. The minimum Gasteiger partial charge on any atom is -0.372 e. The molecule has 0 atom stereocenters. The predicted octanol–water partition coefficient (Wildman–Crippen LogP) is 2.81. The van der Waals surface area contributed by atoms with Gasteiger partial charge in [-0.3, -0.25) is 10.1 Å². The van der Waals surface area contributed by atoms with Crippen LogP contribution in [0.25, 0.3) is 0 Å². The van der Waals surface area contributed by atoms with Gasteiger partial charge in [0, 0.05) is 12.7 Å². The number of rotatable bonds is 5. The van der Waals surface area contributed by atoms with Gasteiger partial charge in [-0.1, -0.05) is 31.5 Å². The van der Waals surface area contributed by atoms with Crippen LogP contribution in [0.4, 0.5) is 0 Å². The summed E-state index contributed by atoms with van der Waals surface area (Å²) in [6.07, 6.45) is 6.67. The lowest BCUT2D eigenvalue weighted by atomic mass is 10.2. The lowest BCUT2D eigenvalue weighted by molar-refractivity contribution is -0.403. The lowest BCUT2D eigenvalue weighted by Gasteiger charge is -2.23. The van der Waals surface area contributed by atoms with E-state index in [4.69, 9.17) is 0 Å². The Balaban J connectivity index is 2.39. The molecule has 1 aliphatic heterocycles. The third kappa shape index (κ3) is 4.88. The van der Waals surface area contributed by atoms with E-state index in [1.807, 2.05) is 11.6 Å². The van der Waals surface area contributed by atoms with Crippen LogP contribution in [0.1, 0.15) is 26.2 Å². The van der Waals surface area contributed by atoms with Crippen LogP contribution in [0.2, 0.25) is 0 Å². The monoisotopic (exact) mass is 228 g/mol. The third-order valence-corrected chi connectivity index (χ3v) is 2.94. The molecule has 0 spiro atoms. The van der Waals surface area contributed by atoms with E-state index in [-0.39, 0.29) is 4.92 Å². The highest BCUT2D eigenvalue weighted by Gasteiger charge is 2.11. The Bertz CT molecular complexity index is 277. The van der Waals surface area contributed by atoms with Crippen LogP contribution < -0.4 is 0 Å². The molecule has 1 heterocycles. The van der Waals surface area contributed by atoms with E-state index in [0.717, 1.165) is 24.1 Å². The molecule has 0 saturated heterocycles. The molecule has 1 rings (SSSR count). The van der Waals surface area contributed by atoms with Gasteiger partial charge < -0.3 is 4.90 Å². The number of nitro groups is 1. The van der Waals surface area contributed by atoms with Gasteiger partial charge in [-0.2, -0.15) is 0 Å². The molecule has 5 heteroatoms. The van der Waals surface area contributed by atoms with Gasteiger partial charge in [0.2, 0.25) is 6.20 Å². The molecule has 0 amide bonds. The predicted molar refractivity (Wildman–Crippen MR) is 62.9 cm³/mol. The Morgan fingerprint density at radius 3 is 3.13 bits per heavy atom. The minimum atomic E-state index is -0.383. The van der Waals surface area contributed by atoms with Crippen LogP contribution in [0, 0.1) is 10.1 Å². The molecule has 0 radical (unpaired) electrons. The number of thioether (sulfide) groups is 1. The first-order valence-electron chi connectivity index (χ1n) is 5.14. The van der Waals surface area contributed by atoms with E-state index in [1.165, 1.54) is 24.6 Å². The number of hydrogen-bond acceptors (Lipinski definition) is 4. The summed E-state index contributed by atoms with van der Waals surface area (Å²) in [6.45, 7) is 3.83. The number of hydrogen-bond donors (Lipinski definition) is 0. The quantitative estimate of drug-likeness (QED) is 0.412. The van der Waals surface area contributed by atoms with Crippen LogP contribution in [0.5, 0.6) is 0 Å². The zero-order valence-corrected chi connectivity index (χ0v) is 9.70. The summed E-state index contributed by atoms with van der Waals surface area (Å²) in [5.74, 6) is 0. The van der Waals surface area contributed by atoms with E-state index in [1.54, 1.807) is 0 Å². The fraction of sp³-hybridized carbons (Fsp3) is 0.600. The maximum Gasteiger partial charge on any atom is 0.246 e. The molecule has 0 aromatic carbocycles. The van der Waals surface area contributed by atoms with E-state index in [9.17, 15) is 10.1 Å². The largest absolute Gasteiger partial charge is 0.372 e. The Hall–Kier alpha value is -0.970. The van der Waals surface area contributed by atoms with Crippen molar-refractivity contribution in [2.24, 2.45) is 0 Å². The van der Waals surface area contributed by atoms with Gasteiger partial charge in [-0.25, -0.2) is 0 Å². The summed E-state index contributed by atoms with van der Waals surface area (Å²) in [6, 6.07) is 0. The first-order valence-corrected chi connectivity index (χ1v) is 6.02. The second-order valence-electron chi connectivity index (χ2n) is 3.46. The van der Waals surface area contributed by atoms with Gasteiger partial charge in [0.25, 0.3) is 0 Å². The molecular formula is C10H16N2O2S. The molecule has 1 aliphatic rings. The molecule has 0 saturated carbocycles. The van der Waals surface area contributed by atoms with Gasteiger partial charge in [0.1, 0.15) is 0 Å². The normalized spacial score (nSPS) is 18.5. The van der Waals surface area contributed by atoms with Gasteiger partial charge in [-0.05, 0) is 11.8 Å². The Kier molecular flexibility index (Phi) is 5.25. The van der Waals surface area contributed by atoms with Gasteiger partial charge in [0.15, 0.2) is 0 Å². The fourth-order valence-corrected chi connectivity index (χ4v) is 2.20. The fourth-order valence-electron chi connectivity index (χ4n) is 1.40. The Morgan fingerprint density at radius 2 is 2.47 bits per heavy atom. The average Bonchev–Trinajstić information content (AvgIpc) is 2.18. The van der Waals surface area contributed by atoms with Crippen molar-refractivity contribution in [2.45, 2.75) is 26.2 Å². The molecule has 0 aromatic heterocycles. The molecule has 0 bridgehead atoms. The summed E-state index contributed by atoms with van der Waals surface area (Å²) in [4.78, 5) is 12.9. The highest BCUT2D eigenvalue weighted by Crippen LogP contribution is 2.23. The first kappa shape index (κ1) is 12.1. The minimum absolute atomic E-state index is 0.383. The summed E-state index contributed by atoms with van der Waals surface area (Å²) < 4.78 is 0. The van der Waals surface area contributed by atoms with Crippen LogP contribution in [-0.2, 0) is 0 Å². The molecule has 0 aliphatic carbocycles. The van der Waals surface area contributed by atoms with Crippen molar-refractivity contribution < 1.29 is 4.92 Å². The van der Waals surface area contributed by atoms with Gasteiger partial charge >= 0.3 is 0 Å². The third-order valence-electron chi connectivity index (χ3n) is 2.15. The van der Waals surface area contributed by atoms with E-state index >= 15 is 0 Å². The van der Waals surface area contributed by atoms with Crippen molar-refractivity contribution in [1.29, 1.82) is 0 Å². The number of nitrogens with zero attached hydrogens (tertiary/aromatic N) is 2. The molecule has 4 nitrogen and oxygen atoms in total. The first-order chi connectivity index (χ1) is 7.22. The summed E-state index contributed by atoms with van der Waals surface area (Å²) in [7, 11) is 0.